The molecule has 4 nitrogen and oxygen atoms in total. The Morgan fingerprint density at radius 2 is 2.10 bits per heavy atom. The maximum absolute atomic E-state index is 12.3. The maximum Gasteiger partial charge on any atom is 0.271 e. The third-order valence-corrected chi connectivity index (χ3v) is 4.10. The molecule has 5 heteroatoms. The van der Waals surface area contributed by atoms with Gasteiger partial charge in [-0.15, -0.1) is 0 Å². The maximum atomic E-state index is 12.3. The van der Waals surface area contributed by atoms with E-state index in [-0.39, 0.29) is 11.9 Å². The second kappa shape index (κ2) is 5.34. The smallest absolute Gasteiger partial charge is 0.271 e. The molecule has 102 valence electrons. The Kier molecular flexibility index (Phi) is 3.54. The van der Waals surface area contributed by atoms with Crippen molar-refractivity contribution in [3.8, 4) is 0 Å². The minimum Gasteiger partial charge on any atom is -0.390 e. The van der Waals surface area contributed by atoms with Crippen molar-refractivity contribution < 1.29 is 9.90 Å². The van der Waals surface area contributed by atoms with Crippen molar-refractivity contribution in [2.24, 2.45) is 0 Å². The fourth-order valence-corrected chi connectivity index (χ4v) is 2.95. The number of pyridine rings is 1. The summed E-state index contributed by atoms with van der Waals surface area (Å²) < 4.78 is 0.637. The Morgan fingerprint density at radius 1 is 1.30 bits per heavy atom. The molecule has 0 spiro atoms. The normalized spacial score (nSPS) is 20.5. The van der Waals surface area contributed by atoms with Crippen molar-refractivity contribution in [3.05, 3.63) is 63.9 Å². The number of fused-ring (bicyclic) bond motifs is 1. The summed E-state index contributed by atoms with van der Waals surface area (Å²) in [6.07, 6.45) is 1.53. The molecule has 1 aliphatic carbocycles. The molecule has 1 aromatic heterocycles. The van der Waals surface area contributed by atoms with Gasteiger partial charge in [0, 0.05) is 17.1 Å². The first kappa shape index (κ1) is 13.3. The number of aliphatic hydroxyl groups is 1. The topological polar surface area (TPSA) is 62.2 Å². The number of carbonyl (C=O) groups excluding carboxylic acids is 1. The summed E-state index contributed by atoms with van der Waals surface area (Å²) in [7, 11) is 0. The highest BCUT2D eigenvalue weighted by Gasteiger charge is 2.32. The second-order valence-electron chi connectivity index (χ2n) is 4.76. The van der Waals surface area contributed by atoms with Crippen LogP contribution in [0.1, 0.15) is 27.7 Å². The summed E-state index contributed by atoms with van der Waals surface area (Å²) in [4.78, 5) is 16.3. The highest BCUT2D eigenvalue weighted by atomic mass is 79.9. The zero-order valence-corrected chi connectivity index (χ0v) is 12.2. The van der Waals surface area contributed by atoms with Crippen LogP contribution in [0.2, 0.25) is 0 Å². The molecule has 2 aromatic rings. The molecule has 3 rings (SSSR count). The van der Waals surface area contributed by atoms with E-state index in [1.165, 1.54) is 0 Å². The first-order valence-electron chi connectivity index (χ1n) is 6.34. The summed E-state index contributed by atoms with van der Waals surface area (Å²) in [6, 6.07) is 10.9. The van der Waals surface area contributed by atoms with E-state index in [2.05, 4.69) is 26.2 Å². The van der Waals surface area contributed by atoms with Gasteiger partial charge in [-0.05, 0) is 39.2 Å². The molecule has 0 bridgehead atoms. The van der Waals surface area contributed by atoms with Crippen LogP contribution in [-0.2, 0) is 6.42 Å². The number of amides is 1. The molecule has 0 saturated carbocycles. The molecule has 0 aliphatic heterocycles. The van der Waals surface area contributed by atoms with Crippen molar-refractivity contribution >= 4 is 21.8 Å². The minimum atomic E-state index is -0.598. The van der Waals surface area contributed by atoms with Crippen molar-refractivity contribution in [1.29, 1.82) is 0 Å². The molecule has 2 atom stereocenters. The van der Waals surface area contributed by atoms with Gasteiger partial charge in [0.25, 0.3) is 5.91 Å². The molecule has 2 N–H and O–H groups in total. The lowest BCUT2D eigenvalue weighted by molar-refractivity contribution is 0.0852. The van der Waals surface area contributed by atoms with Gasteiger partial charge in [0.1, 0.15) is 5.69 Å². The molecule has 0 unspecified atom stereocenters. The van der Waals surface area contributed by atoms with E-state index in [0.29, 0.717) is 16.6 Å². The number of hydrogen-bond donors (Lipinski definition) is 2. The summed E-state index contributed by atoms with van der Waals surface area (Å²) in [6.45, 7) is 0. The largest absolute Gasteiger partial charge is 0.390 e. The Hall–Kier alpha value is -1.72. The molecule has 0 saturated heterocycles. The Labute approximate surface area is 125 Å². The lowest BCUT2D eigenvalue weighted by Gasteiger charge is -2.18. The monoisotopic (exact) mass is 332 g/mol. The molecular weight excluding hydrogens is 320 g/mol. The van der Waals surface area contributed by atoms with Crippen LogP contribution in [0.4, 0.5) is 0 Å². The van der Waals surface area contributed by atoms with E-state index in [0.717, 1.165) is 11.1 Å². The van der Waals surface area contributed by atoms with Gasteiger partial charge in [-0.1, -0.05) is 24.3 Å². The Morgan fingerprint density at radius 3 is 2.90 bits per heavy atom. The highest BCUT2D eigenvalue weighted by molar-refractivity contribution is 9.10. The summed E-state index contributed by atoms with van der Waals surface area (Å²) >= 11 is 3.31. The van der Waals surface area contributed by atoms with Gasteiger partial charge in [-0.2, -0.15) is 0 Å². The van der Waals surface area contributed by atoms with Crippen LogP contribution >= 0.6 is 15.9 Å². The van der Waals surface area contributed by atoms with E-state index in [4.69, 9.17) is 0 Å². The number of hydrogen-bond acceptors (Lipinski definition) is 3. The third-order valence-electron chi connectivity index (χ3n) is 3.46. The van der Waals surface area contributed by atoms with Gasteiger partial charge >= 0.3 is 0 Å². The lowest BCUT2D eigenvalue weighted by Crippen LogP contribution is -2.34. The summed E-state index contributed by atoms with van der Waals surface area (Å²) in [5.74, 6) is -0.293. The van der Waals surface area contributed by atoms with Crippen molar-refractivity contribution in [2.45, 2.75) is 18.6 Å². The number of nitrogens with one attached hydrogen (secondary N) is 1. The number of carbonyl (C=O) groups is 1. The number of aromatic nitrogens is 1. The van der Waals surface area contributed by atoms with Crippen LogP contribution < -0.4 is 5.32 Å². The van der Waals surface area contributed by atoms with E-state index in [1.54, 1.807) is 18.3 Å². The van der Waals surface area contributed by atoms with Crippen LogP contribution in [0.25, 0.3) is 0 Å². The standard InChI is InChI=1S/C15H13BrN2O2/c16-11-6-3-7-17-14(11)15(20)18-13-10-5-2-1-4-9(10)8-12(13)19/h1-7,12-13,19H,8H2,(H,18,20)/t12-,13+/m1/s1. The number of benzene rings is 1. The molecular formula is C15H13BrN2O2. The molecule has 1 heterocycles. The van der Waals surface area contributed by atoms with E-state index in [9.17, 15) is 9.90 Å². The van der Waals surface area contributed by atoms with Crippen LogP contribution in [0.5, 0.6) is 0 Å². The molecule has 0 fully saturated rings. The average molecular weight is 333 g/mol. The van der Waals surface area contributed by atoms with E-state index >= 15 is 0 Å². The summed E-state index contributed by atoms with van der Waals surface area (Å²) in [5, 5.41) is 13.0. The van der Waals surface area contributed by atoms with Crippen LogP contribution in [0.15, 0.2) is 47.1 Å². The second-order valence-corrected chi connectivity index (χ2v) is 5.61. The van der Waals surface area contributed by atoms with E-state index in [1.807, 2.05) is 24.3 Å². The third kappa shape index (κ3) is 2.34. The molecule has 0 radical (unpaired) electrons. The van der Waals surface area contributed by atoms with Crippen LogP contribution in [0.3, 0.4) is 0 Å². The zero-order valence-electron chi connectivity index (χ0n) is 10.6. The Bertz CT molecular complexity index is 660. The molecule has 20 heavy (non-hydrogen) atoms. The quantitative estimate of drug-likeness (QED) is 0.886. The van der Waals surface area contributed by atoms with Gasteiger partial charge in [0.05, 0.1) is 12.1 Å². The van der Waals surface area contributed by atoms with Gasteiger partial charge in [-0.25, -0.2) is 4.98 Å². The predicted molar refractivity (Wildman–Crippen MR) is 78.3 cm³/mol. The number of halogens is 1. The average Bonchev–Trinajstić information content (AvgIpc) is 2.76. The van der Waals surface area contributed by atoms with Gasteiger partial charge in [0.2, 0.25) is 0 Å². The Balaban J connectivity index is 1.85. The van der Waals surface area contributed by atoms with Crippen molar-refractivity contribution in [1.82, 2.24) is 10.3 Å². The predicted octanol–water partition coefficient (Wildman–Crippen LogP) is 2.23. The summed E-state index contributed by atoms with van der Waals surface area (Å²) in [5.41, 5.74) is 2.37. The fraction of sp³-hybridized carbons (Fsp3) is 0.200. The fourth-order valence-electron chi connectivity index (χ4n) is 2.51. The molecule has 1 aliphatic rings. The first-order chi connectivity index (χ1) is 9.66. The highest BCUT2D eigenvalue weighted by Crippen LogP contribution is 2.31. The first-order valence-corrected chi connectivity index (χ1v) is 7.13. The number of aliphatic hydroxyl groups excluding tert-OH is 1. The minimum absolute atomic E-state index is 0.293. The lowest BCUT2D eigenvalue weighted by atomic mass is 10.1. The van der Waals surface area contributed by atoms with Gasteiger partial charge < -0.3 is 10.4 Å². The van der Waals surface area contributed by atoms with E-state index < -0.39 is 6.10 Å². The van der Waals surface area contributed by atoms with Crippen LogP contribution in [-0.4, -0.2) is 22.1 Å². The van der Waals surface area contributed by atoms with Gasteiger partial charge in [0.15, 0.2) is 0 Å². The van der Waals surface area contributed by atoms with Gasteiger partial charge in [-0.3, -0.25) is 4.79 Å². The van der Waals surface area contributed by atoms with Crippen molar-refractivity contribution in [2.75, 3.05) is 0 Å². The molecule has 1 aromatic carbocycles. The number of nitrogens with zero attached hydrogens (tertiary/aromatic N) is 1. The SMILES string of the molecule is O=C(N[C@H]1c2ccccc2C[C@H]1O)c1ncccc1Br. The molecule has 1 amide bonds. The number of rotatable bonds is 2. The zero-order chi connectivity index (χ0) is 14.1. The van der Waals surface area contributed by atoms with Crippen LogP contribution in [0, 0.1) is 0 Å². The van der Waals surface area contributed by atoms with Crippen molar-refractivity contribution in [3.63, 3.8) is 0 Å².